The van der Waals surface area contributed by atoms with Gasteiger partial charge in [0.15, 0.2) is 0 Å². The smallest absolute Gasteiger partial charge is 0.416 e. The molecular weight excluding hydrogens is 554 g/mol. The second-order valence-corrected chi connectivity index (χ2v) is 10.7. The minimum Gasteiger partial charge on any atom is -0.465 e. The van der Waals surface area contributed by atoms with E-state index >= 15 is 0 Å². The molecule has 2 aromatic rings. The average Bonchev–Trinajstić information content (AvgIpc) is 2.92. The molecular formula is C29H32F6N2O4. The molecule has 2 aliphatic rings. The van der Waals surface area contributed by atoms with Crippen molar-refractivity contribution in [1.29, 1.82) is 0 Å². The van der Waals surface area contributed by atoms with Crippen LogP contribution < -0.4 is 5.32 Å². The lowest BCUT2D eigenvalue weighted by Crippen LogP contribution is -2.49. The number of carboxylic acid groups (broad SMARTS) is 1. The first-order valence-corrected chi connectivity index (χ1v) is 13.5. The number of likely N-dealkylation sites (tertiary alicyclic amines) is 1. The molecule has 2 aromatic carbocycles. The van der Waals surface area contributed by atoms with Crippen molar-refractivity contribution in [2.45, 2.75) is 75.5 Å². The fraction of sp³-hybridized carbons (Fsp3) is 0.517. The number of nitrogens with one attached hydrogen (secondary N) is 1. The van der Waals surface area contributed by atoms with Gasteiger partial charge in [0.2, 0.25) is 5.91 Å². The Labute approximate surface area is 233 Å². The van der Waals surface area contributed by atoms with E-state index < -0.39 is 41.8 Å². The third-order valence-corrected chi connectivity index (χ3v) is 7.95. The number of halogens is 6. The van der Waals surface area contributed by atoms with Crippen LogP contribution in [-0.4, -0.2) is 47.2 Å². The molecule has 0 unspecified atom stereocenters. The minimum absolute atomic E-state index is 0.0427. The van der Waals surface area contributed by atoms with Crippen molar-refractivity contribution in [1.82, 2.24) is 10.2 Å². The van der Waals surface area contributed by atoms with Gasteiger partial charge in [-0.15, -0.1) is 0 Å². The SMILES string of the molecule is C[C@H](O[C@@H]1CCN(C(=O)[C@H]2CC[C@H](NC(=O)O)CC2)C[C@@H]1c1ccccc1)c1cc(C(F)(F)F)cc(C(F)(F)F)c1. The van der Waals surface area contributed by atoms with Crippen molar-refractivity contribution in [2.75, 3.05) is 13.1 Å². The van der Waals surface area contributed by atoms with Gasteiger partial charge >= 0.3 is 18.4 Å². The minimum atomic E-state index is -4.96. The highest BCUT2D eigenvalue weighted by atomic mass is 19.4. The van der Waals surface area contributed by atoms with Gasteiger partial charge in [0.25, 0.3) is 0 Å². The first kappa shape index (κ1) is 30.7. The fourth-order valence-electron chi connectivity index (χ4n) is 5.79. The third kappa shape index (κ3) is 7.72. The van der Waals surface area contributed by atoms with E-state index in [9.17, 15) is 35.9 Å². The summed E-state index contributed by atoms with van der Waals surface area (Å²) in [5.74, 6) is -0.645. The maximum absolute atomic E-state index is 13.4. The van der Waals surface area contributed by atoms with E-state index in [4.69, 9.17) is 9.84 Å². The van der Waals surface area contributed by atoms with Crippen LogP contribution in [0.2, 0.25) is 0 Å². The van der Waals surface area contributed by atoms with Gasteiger partial charge in [-0.3, -0.25) is 4.79 Å². The van der Waals surface area contributed by atoms with Gasteiger partial charge < -0.3 is 20.1 Å². The highest BCUT2D eigenvalue weighted by molar-refractivity contribution is 5.79. The maximum Gasteiger partial charge on any atom is 0.416 e. The largest absolute Gasteiger partial charge is 0.465 e. The molecule has 2 amide bonds. The molecule has 0 bridgehead atoms. The van der Waals surface area contributed by atoms with Crippen molar-refractivity contribution < 1.29 is 45.8 Å². The summed E-state index contributed by atoms with van der Waals surface area (Å²) >= 11 is 0. The second-order valence-electron chi connectivity index (χ2n) is 10.7. The average molecular weight is 587 g/mol. The summed E-state index contributed by atoms with van der Waals surface area (Å²) in [7, 11) is 0. The van der Waals surface area contributed by atoms with Crippen LogP contribution in [0.4, 0.5) is 31.1 Å². The number of benzene rings is 2. The number of rotatable bonds is 6. The Bertz CT molecular complexity index is 1180. The fourth-order valence-corrected chi connectivity index (χ4v) is 5.79. The molecule has 2 N–H and O–H groups in total. The Morgan fingerprint density at radius 1 is 0.927 bits per heavy atom. The number of carbonyl (C=O) groups excluding carboxylic acids is 1. The Balaban J connectivity index is 1.51. The Morgan fingerprint density at radius 2 is 1.51 bits per heavy atom. The van der Waals surface area contributed by atoms with Gasteiger partial charge in [0.1, 0.15) is 0 Å². The van der Waals surface area contributed by atoms with Crippen LogP contribution in [0.3, 0.4) is 0 Å². The number of hydrogen-bond donors (Lipinski definition) is 2. The van der Waals surface area contributed by atoms with Gasteiger partial charge in [0.05, 0.1) is 23.3 Å². The quantitative estimate of drug-likeness (QED) is 0.357. The molecule has 1 aliphatic heterocycles. The van der Waals surface area contributed by atoms with Crippen LogP contribution in [0.15, 0.2) is 48.5 Å². The highest BCUT2D eigenvalue weighted by Crippen LogP contribution is 2.40. The van der Waals surface area contributed by atoms with E-state index in [1.165, 1.54) is 6.92 Å². The highest BCUT2D eigenvalue weighted by Gasteiger charge is 2.40. The number of nitrogens with zero attached hydrogens (tertiary/aromatic N) is 1. The molecule has 12 heteroatoms. The molecule has 1 saturated carbocycles. The van der Waals surface area contributed by atoms with Crippen molar-refractivity contribution in [3.05, 3.63) is 70.8 Å². The molecule has 224 valence electrons. The zero-order chi connectivity index (χ0) is 29.9. The molecule has 4 rings (SSSR count). The number of carbonyl (C=O) groups is 2. The molecule has 2 fully saturated rings. The van der Waals surface area contributed by atoms with Gasteiger partial charge in [-0.2, -0.15) is 26.3 Å². The van der Waals surface area contributed by atoms with E-state index in [1.54, 1.807) is 4.90 Å². The van der Waals surface area contributed by atoms with Crippen LogP contribution in [-0.2, 0) is 21.9 Å². The zero-order valence-electron chi connectivity index (χ0n) is 22.3. The van der Waals surface area contributed by atoms with Crippen LogP contribution in [0.5, 0.6) is 0 Å². The van der Waals surface area contributed by atoms with Crippen molar-refractivity contribution in [2.24, 2.45) is 5.92 Å². The molecule has 1 saturated heterocycles. The number of piperidine rings is 1. The number of alkyl halides is 6. The lowest BCUT2D eigenvalue weighted by Gasteiger charge is -2.41. The number of hydrogen-bond acceptors (Lipinski definition) is 3. The standard InChI is InChI=1S/C29H32F6N2O4/c1-17(20-13-21(28(30,31)32)15-22(14-20)29(33,34)35)41-25-11-12-37(16-24(25)18-5-3-2-4-6-18)26(38)19-7-9-23(10-8-19)36-27(39)40/h2-6,13-15,17,19,23-25,36H,7-12,16H2,1H3,(H,39,40)/t17-,19-,23-,24+,25+/m0/s1. The van der Waals surface area contributed by atoms with Crippen molar-refractivity contribution in [3.63, 3.8) is 0 Å². The van der Waals surface area contributed by atoms with Crippen molar-refractivity contribution >= 4 is 12.0 Å². The van der Waals surface area contributed by atoms with E-state index in [1.807, 2.05) is 30.3 Å². The topological polar surface area (TPSA) is 78.9 Å². The number of ether oxygens (including phenoxy) is 1. The summed E-state index contributed by atoms with van der Waals surface area (Å²) in [5.41, 5.74) is -2.18. The second kappa shape index (κ2) is 12.3. The summed E-state index contributed by atoms with van der Waals surface area (Å²) in [4.78, 5) is 26.1. The molecule has 3 atom stereocenters. The first-order chi connectivity index (χ1) is 19.2. The van der Waals surface area contributed by atoms with Gasteiger partial charge in [-0.25, -0.2) is 4.79 Å². The van der Waals surface area contributed by atoms with E-state index in [-0.39, 0.29) is 42.0 Å². The molecule has 1 heterocycles. The van der Waals surface area contributed by atoms with E-state index in [0.717, 1.165) is 5.56 Å². The predicted molar refractivity (Wildman–Crippen MR) is 137 cm³/mol. The summed E-state index contributed by atoms with van der Waals surface area (Å²) in [6, 6.07) is 10.4. The normalized spacial score (nSPS) is 24.5. The van der Waals surface area contributed by atoms with Gasteiger partial charge in [-0.1, -0.05) is 30.3 Å². The summed E-state index contributed by atoms with van der Waals surface area (Å²) in [6.45, 7) is 2.03. The lowest BCUT2D eigenvalue weighted by atomic mass is 9.83. The monoisotopic (exact) mass is 586 g/mol. The van der Waals surface area contributed by atoms with E-state index in [0.29, 0.717) is 50.8 Å². The number of amides is 2. The molecule has 0 radical (unpaired) electrons. The van der Waals surface area contributed by atoms with Crippen LogP contribution in [0, 0.1) is 5.92 Å². The van der Waals surface area contributed by atoms with Crippen molar-refractivity contribution in [3.8, 4) is 0 Å². The van der Waals surface area contributed by atoms with Crippen LogP contribution >= 0.6 is 0 Å². The van der Waals surface area contributed by atoms with Gasteiger partial charge in [-0.05, 0) is 68.4 Å². The molecule has 0 spiro atoms. The molecule has 1 aliphatic carbocycles. The Morgan fingerprint density at radius 3 is 2.05 bits per heavy atom. The van der Waals surface area contributed by atoms with Crippen LogP contribution in [0.25, 0.3) is 0 Å². The summed E-state index contributed by atoms with van der Waals surface area (Å²) in [6.07, 6.45) is -10.1. The Kier molecular flexibility index (Phi) is 9.20. The van der Waals surface area contributed by atoms with Crippen LogP contribution in [0.1, 0.15) is 73.3 Å². The lowest BCUT2D eigenvalue weighted by molar-refractivity contribution is -0.143. The molecule has 41 heavy (non-hydrogen) atoms. The van der Waals surface area contributed by atoms with Gasteiger partial charge in [0, 0.05) is 31.0 Å². The summed E-state index contributed by atoms with van der Waals surface area (Å²) < 4.78 is 86.7. The molecule has 6 nitrogen and oxygen atoms in total. The first-order valence-electron chi connectivity index (χ1n) is 13.5. The molecule has 0 aromatic heterocycles. The summed E-state index contributed by atoms with van der Waals surface area (Å²) in [5, 5.41) is 11.4. The van der Waals surface area contributed by atoms with E-state index in [2.05, 4.69) is 5.32 Å². The maximum atomic E-state index is 13.4. The Hall–Kier alpha value is -3.28. The zero-order valence-corrected chi connectivity index (χ0v) is 22.3. The third-order valence-electron chi connectivity index (χ3n) is 7.95. The predicted octanol–water partition coefficient (Wildman–Crippen LogP) is 7.01.